The Labute approximate surface area is 120 Å². The number of allylic oxidation sites excluding steroid dienone is 1. The van der Waals surface area contributed by atoms with E-state index in [4.69, 9.17) is 23.2 Å². The van der Waals surface area contributed by atoms with Crippen LogP contribution in [0.25, 0.3) is 11.6 Å². The summed E-state index contributed by atoms with van der Waals surface area (Å²) in [6.07, 6.45) is 1.61. The van der Waals surface area contributed by atoms with Crippen LogP contribution < -0.4 is 0 Å². The van der Waals surface area contributed by atoms with Gasteiger partial charge in [0.1, 0.15) is 11.6 Å². The number of hydrogen-bond donors (Lipinski definition) is 0. The average molecular weight is 299 g/mol. The maximum Gasteiger partial charge on any atom is 0.130 e. The van der Waals surface area contributed by atoms with E-state index in [1.165, 1.54) is 24.3 Å². The summed E-state index contributed by atoms with van der Waals surface area (Å²) in [6.45, 7) is 0. The molecule has 0 aromatic heterocycles. The Bertz CT molecular complexity index is 621. The smallest absolute Gasteiger partial charge is 0.130 e. The van der Waals surface area contributed by atoms with Crippen molar-refractivity contribution in [2.45, 2.75) is 0 Å². The van der Waals surface area contributed by atoms with Crippen LogP contribution in [0.4, 0.5) is 8.78 Å². The first-order valence-electron chi connectivity index (χ1n) is 5.58. The Kier molecular flexibility index (Phi) is 4.56. The molecule has 4 heteroatoms. The highest BCUT2D eigenvalue weighted by Crippen LogP contribution is 2.28. The normalized spacial score (nSPS) is 11.7. The number of benzene rings is 2. The van der Waals surface area contributed by atoms with Gasteiger partial charge in [0.15, 0.2) is 0 Å². The van der Waals surface area contributed by atoms with Crippen LogP contribution in [0.1, 0.15) is 11.1 Å². The van der Waals surface area contributed by atoms with Gasteiger partial charge in [-0.2, -0.15) is 0 Å². The van der Waals surface area contributed by atoms with Crippen molar-refractivity contribution in [1.82, 2.24) is 0 Å². The summed E-state index contributed by atoms with van der Waals surface area (Å²) in [5, 5.41) is 0.253. The molecule has 19 heavy (non-hydrogen) atoms. The lowest BCUT2D eigenvalue weighted by Gasteiger charge is -2.07. The molecule has 0 atom stereocenters. The van der Waals surface area contributed by atoms with Gasteiger partial charge in [0.25, 0.3) is 0 Å². The highest BCUT2D eigenvalue weighted by atomic mass is 35.5. The van der Waals surface area contributed by atoms with Gasteiger partial charge in [0.05, 0.1) is 5.02 Å². The molecule has 0 spiro atoms. The van der Waals surface area contributed by atoms with Gasteiger partial charge in [-0.15, -0.1) is 11.6 Å². The first kappa shape index (κ1) is 14.0. The molecule has 0 saturated heterocycles. The van der Waals surface area contributed by atoms with Crippen LogP contribution in [0, 0.1) is 11.6 Å². The summed E-state index contributed by atoms with van der Waals surface area (Å²) in [5.74, 6) is -0.614. The van der Waals surface area contributed by atoms with Crippen molar-refractivity contribution in [3.63, 3.8) is 0 Å². The minimum Gasteiger partial charge on any atom is -0.207 e. The molecule has 0 unspecified atom stereocenters. The summed E-state index contributed by atoms with van der Waals surface area (Å²) in [5.41, 5.74) is 1.65. The first-order valence-corrected chi connectivity index (χ1v) is 6.49. The zero-order chi connectivity index (χ0) is 13.8. The van der Waals surface area contributed by atoms with Crippen molar-refractivity contribution in [2.75, 3.05) is 5.88 Å². The van der Waals surface area contributed by atoms with Crippen LogP contribution in [0.15, 0.2) is 42.5 Å². The Hall–Kier alpha value is -1.38. The molecule has 0 nitrogen and oxygen atoms in total. The zero-order valence-corrected chi connectivity index (χ0v) is 11.3. The summed E-state index contributed by atoms with van der Waals surface area (Å²) < 4.78 is 26.6. The molecule has 0 bridgehead atoms. The first-order chi connectivity index (χ1) is 9.11. The predicted molar refractivity (Wildman–Crippen MR) is 76.4 cm³/mol. The van der Waals surface area contributed by atoms with E-state index in [-0.39, 0.29) is 16.7 Å². The van der Waals surface area contributed by atoms with Crippen LogP contribution in [-0.2, 0) is 0 Å². The van der Waals surface area contributed by atoms with Crippen LogP contribution in [-0.4, -0.2) is 5.88 Å². The second-order valence-electron chi connectivity index (χ2n) is 3.95. The van der Waals surface area contributed by atoms with Gasteiger partial charge >= 0.3 is 0 Å². The van der Waals surface area contributed by atoms with Crippen molar-refractivity contribution in [1.29, 1.82) is 0 Å². The maximum absolute atomic E-state index is 13.6. The van der Waals surface area contributed by atoms with Crippen molar-refractivity contribution < 1.29 is 8.78 Å². The molecule has 0 saturated carbocycles. The van der Waals surface area contributed by atoms with Crippen molar-refractivity contribution in [3.05, 3.63) is 70.2 Å². The SMILES string of the molecule is Fc1ccc(/C(=C/c2ccccc2F)CCl)c(Cl)c1. The second-order valence-corrected chi connectivity index (χ2v) is 4.62. The quantitative estimate of drug-likeness (QED) is 0.526. The molecule has 0 amide bonds. The Balaban J connectivity index is 2.48. The molecule has 2 rings (SSSR count). The predicted octanol–water partition coefficient (Wildman–Crippen LogP) is 5.40. The number of alkyl halides is 1. The van der Waals surface area contributed by atoms with E-state index in [0.29, 0.717) is 16.7 Å². The Morgan fingerprint density at radius 1 is 1.11 bits per heavy atom. The lowest BCUT2D eigenvalue weighted by Crippen LogP contribution is -1.90. The van der Waals surface area contributed by atoms with Gasteiger partial charge in [-0.3, -0.25) is 0 Å². The van der Waals surface area contributed by atoms with Gasteiger partial charge in [-0.1, -0.05) is 35.9 Å². The molecule has 2 aromatic carbocycles. The number of rotatable bonds is 3. The minimum atomic E-state index is -0.423. The van der Waals surface area contributed by atoms with E-state index < -0.39 is 5.82 Å². The Morgan fingerprint density at radius 3 is 2.47 bits per heavy atom. The maximum atomic E-state index is 13.6. The van der Waals surface area contributed by atoms with Crippen LogP contribution in [0.2, 0.25) is 5.02 Å². The summed E-state index contributed by atoms with van der Waals surface area (Å²) in [6, 6.07) is 10.4. The highest BCUT2D eigenvalue weighted by molar-refractivity contribution is 6.33. The molecular formula is C15H10Cl2F2. The molecule has 0 fully saturated rings. The summed E-state index contributed by atoms with van der Waals surface area (Å²) >= 11 is 11.8. The highest BCUT2D eigenvalue weighted by Gasteiger charge is 2.08. The third-order valence-corrected chi connectivity index (χ3v) is 3.26. The van der Waals surface area contributed by atoms with Gasteiger partial charge in [-0.25, -0.2) is 8.78 Å². The molecular weight excluding hydrogens is 289 g/mol. The van der Waals surface area contributed by atoms with Crippen LogP contribution in [0.3, 0.4) is 0 Å². The second kappa shape index (κ2) is 6.18. The third kappa shape index (κ3) is 3.34. The lowest BCUT2D eigenvalue weighted by atomic mass is 10.0. The minimum absolute atomic E-state index is 0.152. The van der Waals surface area contributed by atoms with Crippen LogP contribution in [0.5, 0.6) is 0 Å². The molecule has 0 aliphatic heterocycles. The van der Waals surface area contributed by atoms with Gasteiger partial charge < -0.3 is 0 Å². The van der Waals surface area contributed by atoms with E-state index in [2.05, 4.69) is 0 Å². The van der Waals surface area contributed by atoms with Gasteiger partial charge in [0, 0.05) is 11.4 Å². The fourth-order valence-electron chi connectivity index (χ4n) is 1.72. The molecule has 0 aliphatic carbocycles. The van der Waals surface area contributed by atoms with E-state index in [0.717, 1.165) is 0 Å². The zero-order valence-electron chi connectivity index (χ0n) is 9.84. The van der Waals surface area contributed by atoms with E-state index >= 15 is 0 Å². The topological polar surface area (TPSA) is 0 Å². The lowest BCUT2D eigenvalue weighted by molar-refractivity contribution is 0.625. The largest absolute Gasteiger partial charge is 0.207 e. The molecule has 0 N–H and O–H groups in total. The van der Waals surface area contributed by atoms with Crippen molar-refractivity contribution in [3.8, 4) is 0 Å². The van der Waals surface area contributed by atoms with E-state index in [1.54, 1.807) is 24.3 Å². The van der Waals surface area contributed by atoms with E-state index in [9.17, 15) is 8.78 Å². The van der Waals surface area contributed by atoms with E-state index in [1.807, 2.05) is 0 Å². The number of hydrogen-bond acceptors (Lipinski definition) is 0. The standard InChI is InChI=1S/C15H10Cl2F2/c16-9-11(7-10-3-1-2-4-15(10)19)13-6-5-12(18)8-14(13)17/h1-8H,9H2/b11-7+. The summed E-state index contributed by atoms with van der Waals surface area (Å²) in [7, 11) is 0. The average Bonchev–Trinajstić information content (AvgIpc) is 2.39. The summed E-state index contributed by atoms with van der Waals surface area (Å²) in [4.78, 5) is 0. The molecule has 0 radical (unpaired) electrons. The fourth-order valence-corrected chi connectivity index (χ4v) is 2.23. The number of halogens is 4. The van der Waals surface area contributed by atoms with Crippen molar-refractivity contribution in [2.24, 2.45) is 0 Å². The van der Waals surface area contributed by atoms with Crippen LogP contribution >= 0.6 is 23.2 Å². The Morgan fingerprint density at radius 2 is 1.84 bits per heavy atom. The molecule has 2 aromatic rings. The molecule has 0 aliphatic rings. The molecule has 0 heterocycles. The van der Waals surface area contributed by atoms with Gasteiger partial charge in [-0.05, 0) is 35.4 Å². The fraction of sp³-hybridized carbons (Fsp3) is 0.0667. The molecule has 98 valence electrons. The monoisotopic (exact) mass is 298 g/mol. The van der Waals surface area contributed by atoms with Gasteiger partial charge in [0.2, 0.25) is 0 Å². The third-order valence-electron chi connectivity index (χ3n) is 2.66. The van der Waals surface area contributed by atoms with Crippen molar-refractivity contribution >= 4 is 34.9 Å².